The molecular weight excluding hydrogens is 344 g/mol. The quantitative estimate of drug-likeness (QED) is 0.701. The molecule has 0 amide bonds. The van der Waals surface area contributed by atoms with Gasteiger partial charge in [-0.05, 0) is 43.4 Å². The molecule has 0 aromatic heterocycles. The van der Waals surface area contributed by atoms with Crippen LogP contribution in [0.25, 0.3) is 0 Å². The third-order valence-electron chi connectivity index (χ3n) is 5.91. The van der Waals surface area contributed by atoms with Gasteiger partial charge < -0.3 is 14.9 Å². The van der Waals surface area contributed by atoms with Gasteiger partial charge in [-0.3, -0.25) is 0 Å². The van der Waals surface area contributed by atoms with Gasteiger partial charge >= 0.3 is 0 Å². The Morgan fingerprint density at radius 1 is 1.25 bits per heavy atom. The Morgan fingerprint density at radius 2 is 1.95 bits per heavy atom. The summed E-state index contributed by atoms with van der Waals surface area (Å²) in [7, 11) is 0. The van der Waals surface area contributed by atoms with E-state index in [4.69, 9.17) is 16.3 Å². The van der Waals surface area contributed by atoms with Crippen molar-refractivity contribution in [2.45, 2.75) is 73.5 Å². The minimum Gasteiger partial charge on any atom is -0.388 e. The highest BCUT2D eigenvalue weighted by molar-refractivity contribution is 9.09. The summed E-state index contributed by atoms with van der Waals surface area (Å²) in [4.78, 5) is 0.510. The lowest BCUT2D eigenvalue weighted by Crippen LogP contribution is -2.72. The van der Waals surface area contributed by atoms with Crippen LogP contribution in [0.2, 0.25) is 0 Å². The smallest absolute Gasteiger partial charge is 0.107 e. The largest absolute Gasteiger partial charge is 0.388 e. The van der Waals surface area contributed by atoms with Gasteiger partial charge in [0.2, 0.25) is 0 Å². The number of halogens is 2. The lowest BCUT2D eigenvalue weighted by atomic mass is 9.59. The molecule has 2 aliphatic heterocycles. The molecule has 5 heteroatoms. The molecule has 2 heterocycles. The lowest BCUT2D eigenvalue weighted by molar-refractivity contribution is -0.283. The molecule has 2 N–H and O–H groups in total. The Hall–Kier alpha value is 0.650. The van der Waals surface area contributed by atoms with E-state index in [1.54, 1.807) is 0 Å². The predicted molar refractivity (Wildman–Crippen MR) is 82.4 cm³/mol. The Labute approximate surface area is 134 Å². The van der Waals surface area contributed by atoms with Gasteiger partial charge in [0.05, 0.1) is 17.6 Å². The van der Waals surface area contributed by atoms with E-state index >= 15 is 0 Å². The molecule has 4 rings (SSSR count). The van der Waals surface area contributed by atoms with E-state index in [1.807, 2.05) is 0 Å². The summed E-state index contributed by atoms with van der Waals surface area (Å²) in [6, 6.07) is 0. The summed E-state index contributed by atoms with van der Waals surface area (Å²) < 4.78 is 6.02. The van der Waals surface area contributed by atoms with Crippen molar-refractivity contribution < 1.29 is 14.9 Å². The summed E-state index contributed by atoms with van der Waals surface area (Å²) in [5.74, 6) is 0.312. The summed E-state index contributed by atoms with van der Waals surface area (Å²) in [5, 5.41) is 20.4. The normalized spacial score (nSPS) is 54.9. The zero-order valence-electron chi connectivity index (χ0n) is 12.1. The van der Waals surface area contributed by atoms with Gasteiger partial charge in [0.25, 0.3) is 0 Å². The van der Waals surface area contributed by atoms with Crippen molar-refractivity contribution >= 4 is 27.5 Å². The van der Waals surface area contributed by atoms with Gasteiger partial charge in [0, 0.05) is 4.83 Å². The lowest BCUT2D eigenvalue weighted by Gasteiger charge is -2.60. The molecule has 0 radical (unpaired) electrons. The van der Waals surface area contributed by atoms with Crippen molar-refractivity contribution in [3.8, 4) is 0 Å². The maximum absolute atomic E-state index is 10.6. The first-order chi connectivity index (χ1) is 9.21. The van der Waals surface area contributed by atoms with Crippen LogP contribution in [0.5, 0.6) is 0 Å². The van der Waals surface area contributed by atoms with Crippen LogP contribution in [0, 0.1) is 11.3 Å². The van der Waals surface area contributed by atoms with Crippen molar-refractivity contribution in [3.63, 3.8) is 0 Å². The van der Waals surface area contributed by atoms with Crippen molar-refractivity contribution in [2.24, 2.45) is 11.3 Å². The minimum absolute atomic E-state index is 0.188. The fraction of sp³-hybridized carbons (Fsp3) is 1.00. The van der Waals surface area contributed by atoms with Gasteiger partial charge in [0.15, 0.2) is 0 Å². The maximum atomic E-state index is 10.6. The molecule has 0 spiro atoms. The molecule has 0 aromatic rings. The van der Waals surface area contributed by atoms with E-state index in [9.17, 15) is 10.2 Å². The van der Waals surface area contributed by atoms with E-state index < -0.39 is 22.7 Å². The predicted octanol–water partition coefficient (Wildman–Crippen LogP) is 2.84. The number of ether oxygens (including phenoxy) is 1. The van der Waals surface area contributed by atoms with Crippen LogP contribution in [-0.4, -0.2) is 44.3 Å². The molecule has 2 aliphatic carbocycles. The molecule has 3 nitrogen and oxygen atoms in total. The van der Waals surface area contributed by atoms with Crippen LogP contribution in [-0.2, 0) is 4.74 Å². The number of fused-ring (bicyclic) bond motifs is 3. The highest BCUT2D eigenvalue weighted by Crippen LogP contribution is 2.55. The number of hydrogen-bond acceptors (Lipinski definition) is 3. The second-order valence-corrected chi connectivity index (χ2v) is 9.20. The monoisotopic (exact) mass is 366 g/mol. The van der Waals surface area contributed by atoms with Gasteiger partial charge in [-0.15, -0.1) is 11.6 Å². The first-order valence-electron chi connectivity index (χ1n) is 7.54. The molecular formula is C15H24BrClO3. The van der Waals surface area contributed by atoms with Crippen LogP contribution >= 0.6 is 27.5 Å². The van der Waals surface area contributed by atoms with Gasteiger partial charge in [0.1, 0.15) is 11.7 Å². The number of aliphatic hydroxyl groups is 2. The second kappa shape index (κ2) is 4.82. The van der Waals surface area contributed by atoms with E-state index in [0.29, 0.717) is 23.6 Å². The first-order valence-corrected chi connectivity index (χ1v) is 8.89. The van der Waals surface area contributed by atoms with Crippen LogP contribution in [0.1, 0.15) is 46.0 Å². The molecule has 2 saturated carbocycles. The maximum Gasteiger partial charge on any atom is 0.107 e. The molecule has 116 valence electrons. The van der Waals surface area contributed by atoms with Crippen molar-refractivity contribution in [1.82, 2.24) is 0 Å². The summed E-state index contributed by atoms with van der Waals surface area (Å²) in [6.07, 6.45) is 3.71. The van der Waals surface area contributed by atoms with Crippen LogP contribution < -0.4 is 0 Å². The average Bonchev–Trinajstić information content (AvgIpc) is 2.40. The van der Waals surface area contributed by atoms with Crippen molar-refractivity contribution in [3.05, 3.63) is 0 Å². The van der Waals surface area contributed by atoms with Crippen LogP contribution in [0.3, 0.4) is 0 Å². The first kappa shape index (κ1) is 15.5. The molecule has 6 atom stereocenters. The number of rotatable bonds is 1. The molecule has 0 aromatic carbocycles. The molecule has 4 fully saturated rings. The van der Waals surface area contributed by atoms with Crippen LogP contribution in [0.4, 0.5) is 0 Å². The average molecular weight is 368 g/mol. The second-order valence-electron chi connectivity index (χ2n) is 7.63. The van der Waals surface area contributed by atoms with Gasteiger partial charge in [-0.2, -0.15) is 0 Å². The van der Waals surface area contributed by atoms with E-state index in [0.717, 1.165) is 19.3 Å². The fourth-order valence-electron chi connectivity index (χ4n) is 4.39. The topological polar surface area (TPSA) is 49.7 Å². The summed E-state index contributed by atoms with van der Waals surface area (Å²) >= 11 is 10.1. The molecule has 2 bridgehead atoms. The third kappa shape index (κ3) is 2.10. The van der Waals surface area contributed by atoms with E-state index in [1.165, 1.54) is 0 Å². The standard InChI is InChI=1S/C15H24BrClO3/c1-13(2)7-9(3-4-10(13)16)15-6-5-14(19,8-20-15)11(17)12(15)18/h9-12,18-19H,3-8H2,1-2H3. The summed E-state index contributed by atoms with van der Waals surface area (Å²) in [5.41, 5.74) is -1.42. The molecule has 6 unspecified atom stereocenters. The Bertz CT molecular complexity index is 393. The van der Waals surface area contributed by atoms with Gasteiger partial charge in [-0.25, -0.2) is 0 Å². The number of aliphatic hydroxyl groups excluding tert-OH is 1. The third-order valence-corrected chi connectivity index (χ3v) is 8.25. The van der Waals surface area contributed by atoms with E-state index in [-0.39, 0.29) is 12.0 Å². The highest BCUT2D eigenvalue weighted by Gasteiger charge is 2.63. The van der Waals surface area contributed by atoms with Crippen molar-refractivity contribution in [2.75, 3.05) is 6.61 Å². The Morgan fingerprint density at radius 3 is 2.50 bits per heavy atom. The highest BCUT2D eigenvalue weighted by atomic mass is 79.9. The Kier molecular flexibility index (Phi) is 3.75. The molecule has 4 aliphatic rings. The number of hydrogen-bond donors (Lipinski definition) is 2. The molecule has 20 heavy (non-hydrogen) atoms. The van der Waals surface area contributed by atoms with Crippen molar-refractivity contribution in [1.29, 1.82) is 0 Å². The van der Waals surface area contributed by atoms with Gasteiger partial charge in [-0.1, -0.05) is 29.8 Å². The SMILES string of the molecule is CC1(C)CC(C23CCC(O)(CO2)C(Cl)C3O)CCC1Br. The van der Waals surface area contributed by atoms with E-state index in [2.05, 4.69) is 29.8 Å². The number of alkyl halides is 2. The Balaban J connectivity index is 1.86. The van der Waals surface area contributed by atoms with Crippen LogP contribution in [0.15, 0.2) is 0 Å². The summed E-state index contributed by atoms with van der Waals surface area (Å²) in [6.45, 7) is 4.79. The zero-order chi connectivity index (χ0) is 14.8. The molecule has 2 saturated heterocycles. The zero-order valence-corrected chi connectivity index (χ0v) is 14.5. The fourth-order valence-corrected chi connectivity index (χ4v) is 5.23. The minimum atomic E-state index is -1.05.